The van der Waals surface area contributed by atoms with Gasteiger partial charge >= 0.3 is 6.18 Å². The first kappa shape index (κ1) is 11.8. The molecule has 0 aromatic carbocycles. The van der Waals surface area contributed by atoms with E-state index in [4.69, 9.17) is 0 Å². The zero-order valence-corrected chi connectivity index (χ0v) is 8.53. The van der Waals surface area contributed by atoms with Crippen molar-refractivity contribution < 1.29 is 13.2 Å². The number of nitrogens with one attached hydrogen (secondary N) is 1. The lowest BCUT2D eigenvalue weighted by Crippen LogP contribution is -2.28. The van der Waals surface area contributed by atoms with Crippen LogP contribution in [0.25, 0.3) is 0 Å². The van der Waals surface area contributed by atoms with Gasteiger partial charge in [-0.1, -0.05) is 0 Å². The van der Waals surface area contributed by atoms with E-state index in [9.17, 15) is 13.2 Å². The van der Waals surface area contributed by atoms with Gasteiger partial charge in [-0.15, -0.1) is 0 Å². The van der Waals surface area contributed by atoms with Crippen LogP contribution in [0.2, 0.25) is 0 Å². The van der Waals surface area contributed by atoms with Crippen LogP contribution < -0.4 is 5.32 Å². The quantitative estimate of drug-likeness (QED) is 0.663. The maximum atomic E-state index is 11.8. The van der Waals surface area contributed by atoms with Gasteiger partial charge in [-0.25, -0.2) is 0 Å². The first-order chi connectivity index (χ1) is 6.49. The molecule has 1 fully saturated rings. The fourth-order valence-electron chi connectivity index (χ4n) is 1.54. The lowest BCUT2D eigenvalue weighted by atomic mass is 10.2. The van der Waals surface area contributed by atoms with Gasteiger partial charge < -0.3 is 5.32 Å². The van der Waals surface area contributed by atoms with Crippen LogP contribution >= 0.6 is 0 Å². The largest absolute Gasteiger partial charge is 0.389 e. The molecule has 4 heteroatoms. The highest BCUT2D eigenvalue weighted by Gasteiger charge is 2.28. The smallest absolute Gasteiger partial charge is 0.314 e. The molecule has 1 aliphatic rings. The Morgan fingerprint density at radius 1 is 1.29 bits per heavy atom. The van der Waals surface area contributed by atoms with Crippen molar-refractivity contribution >= 4 is 0 Å². The molecule has 0 radical (unpaired) electrons. The zero-order chi connectivity index (χ0) is 10.6. The Bertz CT molecular complexity index is 163. The SMILES string of the molecule is CC(NCCCCC(F)(F)F)C1CC1. The molecular weight excluding hydrogens is 191 g/mol. The van der Waals surface area contributed by atoms with E-state index in [0.29, 0.717) is 19.0 Å². The molecular formula is C10H18F3N. The monoisotopic (exact) mass is 209 g/mol. The van der Waals surface area contributed by atoms with Crippen LogP contribution in [0.15, 0.2) is 0 Å². The number of hydrogen-bond acceptors (Lipinski definition) is 1. The summed E-state index contributed by atoms with van der Waals surface area (Å²) in [5.41, 5.74) is 0. The molecule has 1 unspecified atom stereocenters. The molecule has 0 amide bonds. The van der Waals surface area contributed by atoms with Crippen molar-refractivity contribution in [2.45, 2.75) is 51.2 Å². The highest BCUT2D eigenvalue weighted by molar-refractivity contribution is 4.82. The van der Waals surface area contributed by atoms with E-state index in [1.807, 2.05) is 0 Å². The van der Waals surface area contributed by atoms with Gasteiger partial charge in [0, 0.05) is 12.5 Å². The van der Waals surface area contributed by atoms with Crippen LogP contribution in [0.3, 0.4) is 0 Å². The van der Waals surface area contributed by atoms with E-state index in [1.165, 1.54) is 12.8 Å². The van der Waals surface area contributed by atoms with Crippen molar-refractivity contribution in [3.05, 3.63) is 0 Å². The lowest BCUT2D eigenvalue weighted by molar-refractivity contribution is -0.135. The summed E-state index contributed by atoms with van der Waals surface area (Å²) in [6, 6.07) is 0.487. The van der Waals surface area contributed by atoms with Crippen LogP contribution in [0.1, 0.15) is 39.0 Å². The molecule has 1 rings (SSSR count). The molecule has 0 heterocycles. The summed E-state index contributed by atoms with van der Waals surface area (Å²) in [6.07, 6.45) is -1.22. The Balaban J connectivity index is 1.88. The molecule has 0 aliphatic heterocycles. The number of alkyl halides is 3. The minimum Gasteiger partial charge on any atom is -0.314 e. The number of rotatable bonds is 6. The standard InChI is InChI=1S/C10H18F3N/c1-8(9-4-5-9)14-7-3-2-6-10(11,12)13/h8-9,14H,2-7H2,1H3. The number of unbranched alkanes of at least 4 members (excludes halogenated alkanes) is 1. The van der Waals surface area contributed by atoms with Crippen molar-refractivity contribution in [3.8, 4) is 0 Å². The minimum absolute atomic E-state index is 0.244. The molecule has 1 N–H and O–H groups in total. The second-order valence-electron chi connectivity index (χ2n) is 4.15. The first-order valence-electron chi connectivity index (χ1n) is 5.29. The van der Waals surface area contributed by atoms with E-state index in [0.717, 1.165) is 5.92 Å². The average molecular weight is 209 g/mol. The van der Waals surface area contributed by atoms with Crippen molar-refractivity contribution in [2.75, 3.05) is 6.54 Å². The molecule has 0 saturated heterocycles. The third kappa shape index (κ3) is 5.47. The molecule has 84 valence electrons. The normalized spacial score (nSPS) is 19.7. The van der Waals surface area contributed by atoms with Gasteiger partial charge in [0.1, 0.15) is 0 Å². The Kier molecular flexibility index (Phi) is 4.23. The van der Waals surface area contributed by atoms with Gasteiger partial charge in [0.15, 0.2) is 0 Å². The van der Waals surface area contributed by atoms with Crippen molar-refractivity contribution in [1.29, 1.82) is 0 Å². The van der Waals surface area contributed by atoms with E-state index in [-0.39, 0.29) is 6.42 Å². The summed E-state index contributed by atoms with van der Waals surface area (Å²) in [4.78, 5) is 0. The number of halogens is 3. The molecule has 0 aromatic heterocycles. The Hall–Kier alpha value is -0.250. The number of hydrogen-bond donors (Lipinski definition) is 1. The fraction of sp³-hybridized carbons (Fsp3) is 1.00. The third-order valence-electron chi connectivity index (χ3n) is 2.68. The molecule has 0 spiro atoms. The Labute approximate surface area is 83.1 Å². The van der Waals surface area contributed by atoms with Crippen molar-refractivity contribution in [2.24, 2.45) is 5.92 Å². The summed E-state index contributed by atoms with van der Waals surface area (Å²) in [7, 11) is 0. The van der Waals surface area contributed by atoms with Crippen molar-refractivity contribution in [1.82, 2.24) is 5.32 Å². The van der Waals surface area contributed by atoms with Crippen molar-refractivity contribution in [3.63, 3.8) is 0 Å². The topological polar surface area (TPSA) is 12.0 Å². The lowest BCUT2D eigenvalue weighted by Gasteiger charge is -2.12. The minimum atomic E-state index is -3.98. The second-order valence-corrected chi connectivity index (χ2v) is 4.15. The van der Waals surface area contributed by atoms with Crippen LogP contribution in [0, 0.1) is 5.92 Å². The van der Waals surface area contributed by atoms with E-state index < -0.39 is 12.6 Å². The van der Waals surface area contributed by atoms with Crippen LogP contribution in [-0.4, -0.2) is 18.8 Å². The van der Waals surface area contributed by atoms with E-state index in [2.05, 4.69) is 12.2 Å². The molecule has 0 aromatic rings. The molecule has 1 saturated carbocycles. The van der Waals surface area contributed by atoms with Crippen LogP contribution in [0.5, 0.6) is 0 Å². The summed E-state index contributed by atoms with van der Waals surface area (Å²) in [5, 5.41) is 3.26. The molecule has 1 atom stereocenters. The molecule has 1 aliphatic carbocycles. The second kappa shape index (κ2) is 5.01. The van der Waals surface area contributed by atoms with E-state index in [1.54, 1.807) is 0 Å². The predicted octanol–water partition coefficient (Wildman–Crippen LogP) is 3.11. The first-order valence-corrected chi connectivity index (χ1v) is 5.29. The molecule has 14 heavy (non-hydrogen) atoms. The fourth-order valence-corrected chi connectivity index (χ4v) is 1.54. The predicted molar refractivity (Wildman–Crippen MR) is 50.1 cm³/mol. The molecule has 1 nitrogen and oxygen atoms in total. The summed E-state index contributed by atoms with van der Waals surface area (Å²) < 4.78 is 35.3. The van der Waals surface area contributed by atoms with Crippen LogP contribution in [0.4, 0.5) is 13.2 Å². The van der Waals surface area contributed by atoms with Gasteiger partial charge in [-0.2, -0.15) is 13.2 Å². The van der Waals surface area contributed by atoms with Crippen LogP contribution in [-0.2, 0) is 0 Å². The van der Waals surface area contributed by atoms with E-state index >= 15 is 0 Å². The Morgan fingerprint density at radius 3 is 2.43 bits per heavy atom. The zero-order valence-electron chi connectivity index (χ0n) is 8.53. The average Bonchev–Trinajstić information content (AvgIpc) is 2.83. The van der Waals surface area contributed by atoms with Gasteiger partial charge in [0.25, 0.3) is 0 Å². The highest BCUT2D eigenvalue weighted by Crippen LogP contribution is 2.32. The third-order valence-corrected chi connectivity index (χ3v) is 2.68. The summed E-state index contributed by atoms with van der Waals surface area (Å²) in [6.45, 7) is 2.83. The Morgan fingerprint density at radius 2 is 1.93 bits per heavy atom. The van der Waals surface area contributed by atoms with Gasteiger partial charge in [0.2, 0.25) is 0 Å². The van der Waals surface area contributed by atoms with Gasteiger partial charge in [-0.3, -0.25) is 0 Å². The highest BCUT2D eigenvalue weighted by atomic mass is 19.4. The maximum absolute atomic E-state index is 11.8. The summed E-state index contributed by atoms with van der Waals surface area (Å²) in [5.74, 6) is 0.776. The van der Waals surface area contributed by atoms with Gasteiger partial charge in [0.05, 0.1) is 0 Å². The summed E-state index contributed by atoms with van der Waals surface area (Å²) >= 11 is 0. The molecule has 0 bridgehead atoms. The maximum Gasteiger partial charge on any atom is 0.389 e. The van der Waals surface area contributed by atoms with Gasteiger partial charge in [-0.05, 0) is 45.1 Å².